The Balaban J connectivity index is 2.34. The van der Waals surface area contributed by atoms with Crippen LogP contribution < -0.4 is 0 Å². The second-order valence-corrected chi connectivity index (χ2v) is 4.94. The van der Waals surface area contributed by atoms with Gasteiger partial charge in [-0.25, -0.2) is 4.98 Å². The van der Waals surface area contributed by atoms with Gasteiger partial charge in [0.25, 0.3) is 0 Å². The van der Waals surface area contributed by atoms with E-state index in [0.717, 1.165) is 21.9 Å². The summed E-state index contributed by atoms with van der Waals surface area (Å²) in [4.78, 5) is 16.3. The van der Waals surface area contributed by atoms with Crippen molar-refractivity contribution in [2.24, 2.45) is 0 Å². The lowest BCUT2D eigenvalue weighted by Crippen LogP contribution is -1.89. The summed E-state index contributed by atoms with van der Waals surface area (Å²) in [5.74, 6) is 0. The molecule has 0 radical (unpaired) electrons. The van der Waals surface area contributed by atoms with Gasteiger partial charge < -0.3 is 0 Å². The van der Waals surface area contributed by atoms with E-state index in [1.165, 1.54) is 17.3 Å². The largest absolute Gasteiger partial charge is 0.298 e. The summed E-state index contributed by atoms with van der Waals surface area (Å²) >= 11 is 1.52. The molecule has 0 atom stereocenters. The average molecular weight is 243 g/mol. The molecule has 0 N–H and O–H groups in total. The van der Waals surface area contributed by atoms with Crippen LogP contribution in [0.4, 0.5) is 0 Å². The van der Waals surface area contributed by atoms with E-state index < -0.39 is 0 Å². The Morgan fingerprint density at radius 3 is 2.65 bits per heavy atom. The van der Waals surface area contributed by atoms with Gasteiger partial charge in [0, 0.05) is 16.2 Å². The van der Waals surface area contributed by atoms with Crippen molar-refractivity contribution in [3.63, 3.8) is 0 Å². The van der Waals surface area contributed by atoms with Crippen LogP contribution in [-0.4, -0.2) is 11.3 Å². The maximum absolute atomic E-state index is 10.9. The molecule has 0 saturated heterocycles. The predicted molar refractivity (Wildman–Crippen MR) is 69.7 cm³/mol. The minimum atomic E-state index is 0.707. The quantitative estimate of drug-likeness (QED) is 0.770. The summed E-state index contributed by atoms with van der Waals surface area (Å²) in [6, 6.07) is 11.6. The molecule has 86 valence electrons. The minimum absolute atomic E-state index is 0.707. The molecule has 1 aromatic carbocycles. The van der Waals surface area contributed by atoms with E-state index in [-0.39, 0.29) is 0 Å². The number of hydrogen-bond acceptors (Lipinski definition) is 3. The lowest BCUT2D eigenvalue weighted by Gasteiger charge is -2.05. The number of carbonyl (C=O) groups excluding carboxylic acids is 1. The minimum Gasteiger partial charge on any atom is -0.298 e. The first-order valence-corrected chi connectivity index (χ1v) is 6.18. The van der Waals surface area contributed by atoms with Gasteiger partial charge in [-0.05, 0) is 37.6 Å². The molecule has 2 rings (SSSR count). The van der Waals surface area contributed by atoms with Gasteiger partial charge in [0.05, 0.1) is 0 Å². The molecule has 0 bridgehead atoms. The van der Waals surface area contributed by atoms with E-state index in [1.807, 2.05) is 50.2 Å². The van der Waals surface area contributed by atoms with Gasteiger partial charge in [0.2, 0.25) is 0 Å². The molecule has 0 unspecified atom stereocenters. The number of rotatable bonds is 3. The third-order valence-corrected chi connectivity index (χ3v) is 3.34. The van der Waals surface area contributed by atoms with E-state index in [1.54, 1.807) is 0 Å². The molecule has 3 heteroatoms. The maximum atomic E-state index is 10.9. The molecular weight excluding hydrogens is 230 g/mol. The molecule has 0 amide bonds. The van der Waals surface area contributed by atoms with Crippen molar-refractivity contribution >= 4 is 18.0 Å². The molecule has 0 spiro atoms. The lowest BCUT2D eigenvalue weighted by molar-refractivity contribution is 0.112. The zero-order valence-corrected chi connectivity index (χ0v) is 10.6. The van der Waals surface area contributed by atoms with Gasteiger partial charge in [0.15, 0.2) is 6.29 Å². The predicted octanol–water partition coefficient (Wildman–Crippen LogP) is 3.66. The summed E-state index contributed by atoms with van der Waals surface area (Å²) in [5, 5.41) is 0.928. The van der Waals surface area contributed by atoms with E-state index in [9.17, 15) is 4.79 Å². The Morgan fingerprint density at radius 1 is 1.18 bits per heavy atom. The summed E-state index contributed by atoms with van der Waals surface area (Å²) in [5.41, 5.74) is 2.89. The number of aromatic nitrogens is 1. The van der Waals surface area contributed by atoms with Crippen LogP contribution >= 0.6 is 11.8 Å². The standard InChI is InChI=1S/C14H13NOS/c1-10-7-11(2)15-14(8-10)17-13-6-4-3-5-12(13)9-16/h3-9H,1-2H3. The number of nitrogens with zero attached hydrogens (tertiary/aromatic N) is 1. The van der Waals surface area contributed by atoms with Crippen LogP contribution in [0.3, 0.4) is 0 Å². The van der Waals surface area contributed by atoms with Gasteiger partial charge in [-0.1, -0.05) is 30.0 Å². The Kier molecular flexibility index (Phi) is 3.59. The van der Waals surface area contributed by atoms with Crippen molar-refractivity contribution < 1.29 is 4.79 Å². The smallest absolute Gasteiger partial charge is 0.151 e. The van der Waals surface area contributed by atoms with Gasteiger partial charge >= 0.3 is 0 Å². The van der Waals surface area contributed by atoms with Gasteiger partial charge in [0.1, 0.15) is 5.03 Å². The molecule has 2 nitrogen and oxygen atoms in total. The highest BCUT2D eigenvalue weighted by atomic mass is 32.2. The summed E-state index contributed by atoms with van der Waals surface area (Å²) in [7, 11) is 0. The Hall–Kier alpha value is -1.61. The maximum Gasteiger partial charge on any atom is 0.151 e. The first-order valence-electron chi connectivity index (χ1n) is 5.36. The van der Waals surface area contributed by atoms with Crippen molar-refractivity contribution in [3.05, 3.63) is 53.2 Å². The van der Waals surface area contributed by atoms with Gasteiger partial charge in [-0.15, -0.1) is 0 Å². The van der Waals surface area contributed by atoms with Crippen LogP contribution in [-0.2, 0) is 0 Å². The molecule has 0 aliphatic heterocycles. The molecule has 17 heavy (non-hydrogen) atoms. The van der Waals surface area contributed by atoms with Crippen molar-refractivity contribution in [1.82, 2.24) is 4.98 Å². The van der Waals surface area contributed by atoms with Crippen LogP contribution in [0.2, 0.25) is 0 Å². The van der Waals surface area contributed by atoms with Crippen LogP contribution in [0.5, 0.6) is 0 Å². The first kappa shape index (κ1) is 11.9. The number of aldehydes is 1. The summed E-state index contributed by atoms with van der Waals surface area (Å²) < 4.78 is 0. The molecule has 0 saturated carbocycles. The number of carbonyl (C=O) groups is 1. The second kappa shape index (κ2) is 5.15. The summed E-state index contributed by atoms with van der Waals surface area (Å²) in [6.07, 6.45) is 0.880. The fourth-order valence-corrected chi connectivity index (χ4v) is 2.68. The normalized spacial score (nSPS) is 10.2. The van der Waals surface area contributed by atoms with E-state index in [0.29, 0.717) is 5.56 Å². The number of benzene rings is 1. The Bertz CT molecular complexity index is 531. The molecule has 1 heterocycles. The average Bonchev–Trinajstić information content (AvgIpc) is 2.28. The highest BCUT2D eigenvalue weighted by Gasteiger charge is 2.04. The van der Waals surface area contributed by atoms with E-state index >= 15 is 0 Å². The van der Waals surface area contributed by atoms with Crippen molar-refractivity contribution in [3.8, 4) is 0 Å². The Labute approximate surface area is 105 Å². The number of aryl methyl sites for hydroxylation is 2. The second-order valence-electron chi connectivity index (χ2n) is 3.88. The van der Waals surface area contributed by atoms with Crippen molar-refractivity contribution in [2.75, 3.05) is 0 Å². The fourth-order valence-electron chi connectivity index (χ4n) is 1.64. The van der Waals surface area contributed by atoms with Crippen molar-refractivity contribution in [1.29, 1.82) is 0 Å². The monoisotopic (exact) mass is 243 g/mol. The molecular formula is C14H13NOS. The SMILES string of the molecule is Cc1cc(C)nc(Sc2ccccc2C=O)c1. The molecule has 0 aliphatic carbocycles. The summed E-state index contributed by atoms with van der Waals surface area (Å²) in [6.45, 7) is 4.02. The zero-order valence-electron chi connectivity index (χ0n) is 9.81. The van der Waals surface area contributed by atoms with Crippen LogP contribution in [0.25, 0.3) is 0 Å². The topological polar surface area (TPSA) is 30.0 Å². The van der Waals surface area contributed by atoms with Crippen LogP contribution in [0.1, 0.15) is 21.6 Å². The highest BCUT2D eigenvalue weighted by molar-refractivity contribution is 7.99. The van der Waals surface area contributed by atoms with Gasteiger partial charge in [-0.2, -0.15) is 0 Å². The lowest BCUT2D eigenvalue weighted by atomic mass is 10.2. The Morgan fingerprint density at radius 2 is 1.94 bits per heavy atom. The van der Waals surface area contributed by atoms with Crippen LogP contribution in [0, 0.1) is 13.8 Å². The first-order chi connectivity index (χ1) is 8.19. The van der Waals surface area contributed by atoms with E-state index in [4.69, 9.17) is 0 Å². The number of pyridine rings is 1. The van der Waals surface area contributed by atoms with Crippen molar-refractivity contribution in [2.45, 2.75) is 23.8 Å². The van der Waals surface area contributed by atoms with Gasteiger partial charge in [-0.3, -0.25) is 4.79 Å². The van der Waals surface area contributed by atoms with Crippen LogP contribution in [0.15, 0.2) is 46.3 Å². The highest BCUT2D eigenvalue weighted by Crippen LogP contribution is 2.29. The number of hydrogen-bond donors (Lipinski definition) is 0. The third-order valence-electron chi connectivity index (χ3n) is 2.33. The fraction of sp³-hybridized carbons (Fsp3) is 0.143. The third kappa shape index (κ3) is 2.94. The molecule has 0 fully saturated rings. The molecule has 1 aromatic heterocycles. The zero-order chi connectivity index (χ0) is 12.3. The molecule has 2 aromatic rings. The van der Waals surface area contributed by atoms with E-state index in [2.05, 4.69) is 4.98 Å². The molecule has 0 aliphatic rings.